The molecule has 7 heteroatoms. The number of rotatable bonds is 8. The van der Waals surface area contributed by atoms with Gasteiger partial charge in [0.2, 0.25) is 0 Å². The zero-order chi connectivity index (χ0) is 24.1. The molecule has 1 heterocycles. The first kappa shape index (κ1) is 23.6. The van der Waals surface area contributed by atoms with Gasteiger partial charge in [-0.05, 0) is 61.0 Å². The second kappa shape index (κ2) is 10.6. The molecule has 34 heavy (non-hydrogen) atoms. The number of halogens is 1. The van der Waals surface area contributed by atoms with Crippen LogP contribution in [-0.2, 0) is 17.9 Å². The Morgan fingerprint density at radius 2 is 1.74 bits per heavy atom. The minimum atomic E-state index is -0.335. The van der Waals surface area contributed by atoms with E-state index in [0.717, 1.165) is 22.9 Å². The van der Waals surface area contributed by atoms with Crippen LogP contribution in [0.2, 0.25) is 0 Å². The first-order chi connectivity index (χ1) is 16.4. The van der Waals surface area contributed by atoms with Gasteiger partial charge < -0.3 is 9.47 Å². The Balaban J connectivity index is 1.51. The van der Waals surface area contributed by atoms with Crippen LogP contribution < -0.4 is 9.47 Å². The molecule has 5 nitrogen and oxygen atoms in total. The van der Waals surface area contributed by atoms with E-state index >= 15 is 0 Å². The predicted molar refractivity (Wildman–Crippen MR) is 131 cm³/mol. The van der Waals surface area contributed by atoms with Crippen molar-refractivity contribution in [2.75, 3.05) is 6.61 Å². The number of imide groups is 1. The molecule has 0 atom stereocenters. The Bertz CT molecular complexity index is 1240. The van der Waals surface area contributed by atoms with E-state index in [2.05, 4.69) is 0 Å². The first-order valence-corrected chi connectivity index (χ1v) is 11.7. The maximum atomic E-state index is 13.9. The summed E-state index contributed by atoms with van der Waals surface area (Å²) in [7, 11) is 0. The Morgan fingerprint density at radius 3 is 2.47 bits per heavy atom. The zero-order valence-electron chi connectivity index (χ0n) is 18.9. The molecular formula is C27H24FNO4S. The molecule has 4 rings (SSSR count). The van der Waals surface area contributed by atoms with Crippen molar-refractivity contribution < 1.29 is 23.5 Å². The third-order valence-electron chi connectivity index (χ3n) is 5.24. The highest BCUT2D eigenvalue weighted by Crippen LogP contribution is 2.35. The molecule has 174 valence electrons. The van der Waals surface area contributed by atoms with Gasteiger partial charge in [-0.15, -0.1) is 0 Å². The van der Waals surface area contributed by atoms with Crippen LogP contribution >= 0.6 is 11.8 Å². The van der Waals surface area contributed by atoms with Gasteiger partial charge in [-0.25, -0.2) is 4.39 Å². The lowest BCUT2D eigenvalue weighted by molar-refractivity contribution is -0.123. The summed E-state index contributed by atoms with van der Waals surface area (Å²) in [6, 6.07) is 19.4. The fourth-order valence-electron chi connectivity index (χ4n) is 3.44. The van der Waals surface area contributed by atoms with Crippen molar-refractivity contribution in [2.45, 2.75) is 27.0 Å². The lowest BCUT2D eigenvalue weighted by Gasteiger charge is -2.13. The molecule has 1 aliphatic rings. The third kappa shape index (κ3) is 5.48. The van der Waals surface area contributed by atoms with Gasteiger partial charge in [-0.1, -0.05) is 54.1 Å². The van der Waals surface area contributed by atoms with Crippen molar-refractivity contribution >= 4 is 29.0 Å². The van der Waals surface area contributed by atoms with Crippen LogP contribution in [0.3, 0.4) is 0 Å². The molecule has 0 N–H and O–H groups in total. The number of benzene rings is 3. The Hall–Kier alpha value is -3.58. The van der Waals surface area contributed by atoms with Crippen LogP contribution in [-0.4, -0.2) is 22.7 Å². The highest BCUT2D eigenvalue weighted by molar-refractivity contribution is 8.18. The van der Waals surface area contributed by atoms with Crippen molar-refractivity contribution in [3.05, 3.63) is 99.7 Å². The van der Waals surface area contributed by atoms with E-state index in [4.69, 9.17) is 9.47 Å². The maximum Gasteiger partial charge on any atom is 0.293 e. The van der Waals surface area contributed by atoms with Gasteiger partial charge in [-0.2, -0.15) is 0 Å². The van der Waals surface area contributed by atoms with Crippen LogP contribution in [0, 0.1) is 12.7 Å². The average Bonchev–Trinajstić information content (AvgIpc) is 3.08. The van der Waals surface area contributed by atoms with Gasteiger partial charge in [0.25, 0.3) is 11.1 Å². The van der Waals surface area contributed by atoms with Gasteiger partial charge in [0.15, 0.2) is 11.5 Å². The van der Waals surface area contributed by atoms with E-state index in [9.17, 15) is 14.0 Å². The number of amides is 2. The smallest absolute Gasteiger partial charge is 0.293 e. The van der Waals surface area contributed by atoms with Gasteiger partial charge in [0.05, 0.1) is 18.1 Å². The Labute approximate surface area is 202 Å². The molecule has 0 saturated carbocycles. The summed E-state index contributed by atoms with van der Waals surface area (Å²) < 4.78 is 25.4. The number of carbonyl (C=O) groups excluding carboxylic acids is 2. The fraction of sp³-hybridized carbons (Fsp3) is 0.185. The minimum absolute atomic E-state index is 0.0595. The van der Waals surface area contributed by atoms with Gasteiger partial charge in [0.1, 0.15) is 12.4 Å². The van der Waals surface area contributed by atoms with Crippen LogP contribution in [0.15, 0.2) is 71.6 Å². The summed E-state index contributed by atoms with van der Waals surface area (Å²) in [6.45, 7) is 4.54. The molecule has 0 aromatic heterocycles. The van der Waals surface area contributed by atoms with E-state index in [1.54, 1.807) is 42.5 Å². The van der Waals surface area contributed by atoms with Crippen molar-refractivity contribution in [1.82, 2.24) is 4.90 Å². The average molecular weight is 478 g/mol. The number of ether oxygens (including phenoxy) is 2. The summed E-state index contributed by atoms with van der Waals surface area (Å²) in [4.78, 5) is 27.0. The molecule has 0 radical (unpaired) electrons. The highest BCUT2D eigenvalue weighted by atomic mass is 32.2. The van der Waals surface area contributed by atoms with E-state index < -0.39 is 0 Å². The van der Waals surface area contributed by atoms with E-state index in [1.165, 1.54) is 11.0 Å². The SMILES string of the molecule is CCOc1cc(/C=C2\SC(=O)N(Cc3ccc(C)cc3)C2=O)ccc1OCc1ccccc1F. The lowest BCUT2D eigenvalue weighted by Crippen LogP contribution is -2.27. The fourth-order valence-corrected chi connectivity index (χ4v) is 4.27. The van der Waals surface area contributed by atoms with Crippen LogP contribution in [0.4, 0.5) is 9.18 Å². The van der Waals surface area contributed by atoms with E-state index in [-0.39, 0.29) is 30.1 Å². The summed E-state index contributed by atoms with van der Waals surface area (Å²) in [5.41, 5.74) is 3.15. The van der Waals surface area contributed by atoms with Gasteiger partial charge in [0, 0.05) is 5.56 Å². The summed E-state index contributed by atoms with van der Waals surface area (Å²) in [5.74, 6) is 0.285. The largest absolute Gasteiger partial charge is 0.490 e. The number of nitrogens with zero attached hydrogens (tertiary/aromatic N) is 1. The zero-order valence-corrected chi connectivity index (χ0v) is 19.7. The molecular weight excluding hydrogens is 453 g/mol. The maximum absolute atomic E-state index is 13.9. The van der Waals surface area contributed by atoms with E-state index in [1.807, 2.05) is 38.1 Å². The minimum Gasteiger partial charge on any atom is -0.490 e. The standard InChI is InChI=1S/C27H24FNO4S/c1-3-32-24-14-20(12-13-23(24)33-17-21-6-4-5-7-22(21)28)15-25-26(30)29(27(31)34-25)16-19-10-8-18(2)9-11-19/h4-15H,3,16-17H2,1-2H3/b25-15-. The van der Waals surface area contributed by atoms with Gasteiger partial charge >= 0.3 is 0 Å². The monoisotopic (exact) mass is 477 g/mol. The number of hydrogen-bond donors (Lipinski definition) is 0. The molecule has 0 spiro atoms. The summed E-state index contributed by atoms with van der Waals surface area (Å²) in [5, 5.41) is -0.299. The number of aryl methyl sites for hydroxylation is 1. The second-order valence-corrected chi connectivity index (χ2v) is 8.77. The third-order valence-corrected chi connectivity index (χ3v) is 6.15. The molecule has 2 amide bonds. The van der Waals surface area contributed by atoms with Gasteiger partial charge in [-0.3, -0.25) is 14.5 Å². The van der Waals surface area contributed by atoms with Crippen molar-refractivity contribution in [2.24, 2.45) is 0 Å². The summed E-state index contributed by atoms with van der Waals surface area (Å²) in [6.07, 6.45) is 1.67. The number of hydrogen-bond acceptors (Lipinski definition) is 5. The number of carbonyl (C=O) groups is 2. The highest BCUT2D eigenvalue weighted by Gasteiger charge is 2.35. The molecule has 1 aliphatic heterocycles. The van der Waals surface area contributed by atoms with Crippen molar-refractivity contribution in [1.29, 1.82) is 0 Å². The Kier molecular flexibility index (Phi) is 7.33. The van der Waals surface area contributed by atoms with Crippen molar-refractivity contribution in [3.63, 3.8) is 0 Å². The predicted octanol–water partition coefficient (Wildman–Crippen LogP) is 6.35. The van der Waals surface area contributed by atoms with Crippen molar-refractivity contribution in [3.8, 4) is 11.5 Å². The Morgan fingerprint density at radius 1 is 0.971 bits per heavy atom. The topological polar surface area (TPSA) is 55.8 Å². The lowest BCUT2D eigenvalue weighted by atomic mass is 10.1. The quantitative estimate of drug-likeness (QED) is 0.354. The van der Waals surface area contributed by atoms with Crippen LogP contribution in [0.5, 0.6) is 11.5 Å². The first-order valence-electron chi connectivity index (χ1n) is 10.9. The summed E-state index contributed by atoms with van der Waals surface area (Å²) >= 11 is 0.916. The molecule has 1 saturated heterocycles. The molecule has 3 aromatic carbocycles. The van der Waals surface area contributed by atoms with Crippen LogP contribution in [0.1, 0.15) is 29.2 Å². The molecule has 0 unspecified atom stereocenters. The van der Waals surface area contributed by atoms with Crippen LogP contribution in [0.25, 0.3) is 6.08 Å². The molecule has 0 aliphatic carbocycles. The molecule has 3 aromatic rings. The number of thioether (sulfide) groups is 1. The second-order valence-electron chi connectivity index (χ2n) is 7.77. The normalized spacial score (nSPS) is 14.7. The van der Waals surface area contributed by atoms with E-state index in [0.29, 0.717) is 34.1 Å². The molecule has 1 fully saturated rings. The molecule has 0 bridgehead atoms.